The van der Waals surface area contributed by atoms with Crippen LogP contribution in [0.5, 0.6) is 5.75 Å². The fraction of sp³-hybridized carbons (Fsp3) is 0.667. The molecular weight excluding hydrogens is 295 g/mol. The van der Waals surface area contributed by atoms with Crippen molar-refractivity contribution in [2.24, 2.45) is 0 Å². The molecule has 0 spiro atoms. The molecule has 0 radical (unpaired) electrons. The van der Waals surface area contributed by atoms with Gasteiger partial charge in [0.2, 0.25) is 0 Å². The smallest absolute Gasteiger partial charge is 0.379 e. The van der Waals surface area contributed by atoms with Crippen LogP contribution in [-0.4, -0.2) is 12.8 Å². The summed E-state index contributed by atoms with van der Waals surface area (Å²) in [7, 11) is -3.05. The second-order valence-electron chi connectivity index (χ2n) is 6.00. The molecule has 1 aromatic rings. The van der Waals surface area contributed by atoms with Crippen LogP contribution in [0.4, 0.5) is 0 Å². The van der Waals surface area contributed by atoms with Gasteiger partial charge in [-0.1, -0.05) is 45.6 Å². The highest BCUT2D eigenvalue weighted by atomic mass is 31.2. The van der Waals surface area contributed by atoms with E-state index in [-0.39, 0.29) is 0 Å². The Morgan fingerprint density at radius 3 is 2.14 bits per heavy atom. The fourth-order valence-electron chi connectivity index (χ4n) is 2.37. The molecule has 1 rings (SSSR count). The lowest BCUT2D eigenvalue weighted by atomic mass is 10.1. The van der Waals surface area contributed by atoms with E-state index in [2.05, 4.69) is 19.9 Å². The van der Waals surface area contributed by atoms with Gasteiger partial charge >= 0.3 is 7.60 Å². The van der Waals surface area contributed by atoms with E-state index < -0.39 is 7.60 Å². The van der Waals surface area contributed by atoms with Gasteiger partial charge in [0.1, 0.15) is 5.75 Å². The molecule has 1 atom stereocenters. The summed E-state index contributed by atoms with van der Waals surface area (Å²) in [5.74, 6) is 0.658. The highest BCUT2D eigenvalue weighted by Gasteiger charge is 2.25. The molecule has 0 bridgehead atoms. The maximum atomic E-state index is 13.0. The third-order valence-corrected chi connectivity index (χ3v) is 5.44. The Kier molecular flexibility index (Phi) is 8.82. The summed E-state index contributed by atoms with van der Waals surface area (Å²) in [6.07, 6.45) is 6.78. The summed E-state index contributed by atoms with van der Waals surface area (Å²) < 4.78 is 24.5. The molecule has 3 nitrogen and oxygen atoms in total. The van der Waals surface area contributed by atoms with E-state index in [1.165, 1.54) is 12.8 Å². The van der Waals surface area contributed by atoms with E-state index in [0.29, 0.717) is 18.5 Å². The van der Waals surface area contributed by atoms with Crippen molar-refractivity contribution >= 4 is 7.60 Å². The number of unbranched alkanes of at least 4 members (excludes halogenated alkanes) is 4. The van der Waals surface area contributed by atoms with Crippen LogP contribution >= 0.6 is 7.60 Å². The molecule has 1 aromatic carbocycles. The van der Waals surface area contributed by atoms with Gasteiger partial charge in [-0.25, -0.2) is 4.57 Å². The predicted octanol–water partition coefficient (Wildman–Crippen LogP) is 6.27. The van der Waals surface area contributed by atoms with Crippen LogP contribution in [0.15, 0.2) is 18.2 Å². The van der Waals surface area contributed by atoms with Gasteiger partial charge < -0.3 is 4.52 Å². The van der Waals surface area contributed by atoms with Gasteiger partial charge in [-0.2, -0.15) is 0 Å². The van der Waals surface area contributed by atoms with E-state index >= 15 is 0 Å². The first-order valence-electron chi connectivity index (χ1n) is 8.50. The van der Waals surface area contributed by atoms with Crippen molar-refractivity contribution in [3.05, 3.63) is 29.3 Å². The number of rotatable bonds is 11. The van der Waals surface area contributed by atoms with Gasteiger partial charge in [0.25, 0.3) is 0 Å². The van der Waals surface area contributed by atoms with Crippen molar-refractivity contribution < 1.29 is 13.6 Å². The zero-order valence-electron chi connectivity index (χ0n) is 14.6. The normalized spacial score (nSPS) is 13.8. The molecule has 0 saturated heterocycles. The maximum absolute atomic E-state index is 13.0. The monoisotopic (exact) mass is 326 g/mol. The third kappa shape index (κ3) is 7.47. The first kappa shape index (κ1) is 19.3. The average molecular weight is 326 g/mol. The Morgan fingerprint density at radius 2 is 1.55 bits per heavy atom. The van der Waals surface area contributed by atoms with Crippen LogP contribution in [0.25, 0.3) is 0 Å². The van der Waals surface area contributed by atoms with E-state index in [1.54, 1.807) is 0 Å². The Hall–Kier alpha value is -0.790. The summed E-state index contributed by atoms with van der Waals surface area (Å²) in [6.45, 7) is 8.81. The molecule has 0 fully saturated rings. The zero-order chi connectivity index (χ0) is 16.4. The molecule has 4 heteroatoms. The molecule has 126 valence electrons. The number of aryl methyl sites for hydroxylation is 2. The van der Waals surface area contributed by atoms with Crippen LogP contribution in [-0.2, 0) is 9.09 Å². The fourth-order valence-corrected chi connectivity index (χ4v) is 4.18. The minimum atomic E-state index is -3.05. The van der Waals surface area contributed by atoms with Crippen molar-refractivity contribution in [2.75, 3.05) is 12.8 Å². The predicted molar refractivity (Wildman–Crippen MR) is 94.0 cm³/mol. The van der Waals surface area contributed by atoms with Crippen molar-refractivity contribution in [1.82, 2.24) is 0 Å². The quantitative estimate of drug-likeness (QED) is 0.355. The van der Waals surface area contributed by atoms with Crippen LogP contribution in [0.1, 0.15) is 63.5 Å². The lowest BCUT2D eigenvalue weighted by Crippen LogP contribution is -2.04. The van der Waals surface area contributed by atoms with Gasteiger partial charge in [0.05, 0.1) is 12.8 Å². The molecule has 0 amide bonds. The van der Waals surface area contributed by atoms with Crippen molar-refractivity contribution in [2.45, 2.75) is 66.2 Å². The summed E-state index contributed by atoms with van der Waals surface area (Å²) >= 11 is 0. The molecule has 0 aliphatic carbocycles. The van der Waals surface area contributed by atoms with Crippen LogP contribution in [0.3, 0.4) is 0 Å². The summed E-state index contributed by atoms with van der Waals surface area (Å²) in [6, 6.07) is 5.92. The van der Waals surface area contributed by atoms with Gasteiger partial charge in [0.15, 0.2) is 0 Å². The van der Waals surface area contributed by atoms with E-state index in [4.69, 9.17) is 9.05 Å². The number of benzene rings is 1. The SMILES string of the molecule is CCCCCCOP(=O)(CCCC)Oc1cc(C)cc(C)c1. The van der Waals surface area contributed by atoms with E-state index in [0.717, 1.165) is 36.8 Å². The standard InChI is InChI=1S/C18H31O3P/c1-5-7-9-10-11-20-22(19,12-8-6-2)21-18-14-16(3)13-17(4)15-18/h13-15H,5-12H2,1-4H3. The zero-order valence-corrected chi connectivity index (χ0v) is 15.5. The van der Waals surface area contributed by atoms with Crippen LogP contribution in [0.2, 0.25) is 0 Å². The van der Waals surface area contributed by atoms with Crippen LogP contribution < -0.4 is 4.52 Å². The van der Waals surface area contributed by atoms with Gasteiger partial charge in [-0.15, -0.1) is 0 Å². The number of hydrogen-bond acceptors (Lipinski definition) is 3. The molecule has 0 heterocycles. The number of hydrogen-bond donors (Lipinski definition) is 0. The van der Waals surface area contributed by atoms with Gasteiger partial charge in [-0.3, -0.25) is 4.52 Å². The van der Waals surface area contributed by atoms with Crippen molar-refractivity contribution in [3.8, 4) is 5.75 Å². The third-order valence-electron chi connectivity index (χ3n) is 3.51. The highest BCUT2D eigenvalue weighted by Crippen LogP contribution is 2.49. The summed E-state index contributed by atoms with van der Waals surface area (Å²) in [5, 5.41) is 0. The first-order chi connectivity index (χ1) is 10.5. The minimum Gasteiger partial charge on any atom is -0.424 e. The van der Waals surface area contributed by atoms with Gasteiger partial charge in [0, 0.05) is 0 Å². The second-order valence-corrected chi connectivity index (χ2v) is 8.11. The second kappa shape index (κ2) is 10.1. The summed E-state index contributed by atoms with van der Waals surface area (Å²) in [4.78, 5) is 0. The van der Waals surface area contributed by atoms with E-state index in [9.17, 15) is 4.57 Å². The minimum absolute atomic E-state index is 0.490. The molecule has 0 aliphatic rings. The molecule has 0 N–H and O–H groups in total. The lowest BCUT2D eigenvalue weighted by molar-refractivity contribution is 0.257. The Bertz CT molecular complexity index is 465. The topological polar surface area (TPSA) is 35.5 Å². The Balaban J connectivity index is 2.67. The van der Waals surface area contributed by atoms with E-state index in [1.807, 2.05) is 26.0 Å². The Morgan fingerprint density at radius 1 is 0.909 bits per heavy atom. The molecule has 0 aromatic heterocycles. The summed E-state index contributed by atoms with van der Waals surface area (Å²) in [5.41, 5.74) is 2.22. The molecule has 0 aliphatic heterocycles. The molecule has 1 unspecified atom stereocenters. The van der Waals surface area contributed by atoms with Crippen molar-refractivity contribution in [3.63, 3.8) is 0 Å². The largest absolute Gasteiger partial charge is 0.424 e. The maximum Gasteiger partial charge on any atom is 0.379 e. The molecular formula is C18H31O3P. The van der Waals surface area contributed by atoms with Crippen LogP contribution in [0, 0.1) is 13.8 Å². The highest BCUT2D eigenvalue weighted by molar-refractivity contribution is 7.54. The first-order valence-corrected chi connectivity index (χ1v) is 10.2. The molecule has 0 saturated carbocycles. The lowest BCUT2D eigenvalue weighted by Gasteiger charge is -2.20. The Labute approximate surface area is 136 Å². The molecule has 22 heavy (non-hydrogen) atoms. The van der Waals surface area contributed by atoms with Crippen molar-refractivity contribution in [1.29, 1.82) is 0 Å². The van der Waals surface area contributed by atoms with Gasteiger partial charge in [-0.05, 0) is 49.9 Å². The average Bonchev–Trinajstić information content (AvgIpc) is 2.44.